The lowest BCUT2D eigenvalue weighted by molar-refractivity contribution is -0.385. The molecule has 0 saturated carbocycles. The first-order chi connectivity index (χ1) is 8.20. The maximum absolute atomic E-state index is 10.7. The van der Waals surface area contributed by atoms with E-state index >= 15 is 0 Å². The minimum Gasteiger partial charge on any atom is -0.490 e. The van der Waals surface area contributed by atoms with E-state index < -0.39 is 4.92 Å². The molecule has 0 amide bonds. The number of nitro benzene ring substituents is 1. The largest absolute Gasteiger partial charge is 0.490 e. The minimum absolute atomic E-state index is 0.0271. The Kier molecular flexibility index (Phi) is 3.43. The zero-order valence-electron chi connectivity index (χ0n) is 9.51. The molecule has 1 atom stereocenters. The van der Waals surface area contributed by atoms with Crippen molar-refractivity contribution in [2.24, 2.45) is 0 Å². The number of hydrogen-bond acceptors (Lipinski definition) is 5. The number of benzene rings is 1. The molecule has 1 unspecified atom stereocenters. The fraction of sp³-hybridized carbons (Fsp3) is 0.455. The van der Waals surface area contributed by atoms with Crippen molar-refractivity contribution in [2.45, 2.75) is 12.5 Å². The Morgan fingerprint density at radius 3 is 3.00 bits per heavy atom. The van der Waals surface area contributed by atoms with Gasteiger partial charge in [0.25, 0.3) is 0 Å². The molecule has 0 spiro atoms. The molecule has 2 rings (SSSR count). The van der Waals surface area contributed by atoms with E-state index in [0.29, 0.717) is 6.61 Å². The summed E-state index contributed by atoms with van der Waals surface area (Å²) >= 11 is 0. The summed E-state index contributed by atoms with van der Waals surface area (Å²) in [7, 11) is 1.42. The van der Waals surface area contributed by atoms with E-state index in [2.05, 4.69) is 5.32 Å². The van der Waals surface area contributed by atoms with Gasteiger partial charge in [0.1, 0.15) is 0 Å². The molecular formula is C11H14N2O4. The highest BCUT2D eigenvalue weighted by Gasteiger charge is 2.18. The van der Waals surface area contributed by atoms with E-state index in [1.54, 1.807) is 12.1 Å². The van der Waals surface area contributed by atoms with Gasteiger partial charge in [-0.1, -0.05) is 0 Å². The molecule has 1 heterocycles. The summed E-state index contributed by atoms with van der Waals surface area (Å²) in [5.74, 6) is 0.263. The van der Waals surface area contributed by atoms with Crippen LogP contribution in [-0.4, -0.2) is 31.3 Å². The highest BCUT2D eigenvalue weighted by atomic mass is 16.6. The Balaban J connectivity index is 2.15. The van der Waals surface area contributed by atoms with Gasteiger partial charge in [0.05, 0.1) is 24.7 Å². The molecule has 6 heteroatoms. The van der Waals surface area contributed by atoms with Gasteiger partial charge in [-0.25, -0.2) is 0 Å². The summed E-state index contributed by atoms with van der Waals surface area (Å²) in [5.41, 5.74) is 0.781. The van der Waals surface area contributed by atoms with Crippen LogP contribution in [0.2, 0.25) is 0 Å². The number of hydrogen-bond donors (Lipinski definition) is 1. The van der Waals surface area contributed by atoms with Crippen molar-refractivity contribution < 1.29 is 14.4 Å². The van der Waals surface area contributed by atoms with Crippen LogP contribution in [0.4, 0.5) is 11.4 Å². The van der Waals surface area contributed by atoms with Crippen LogP contribution < -0.4 is 10.1 Å². The molecule has 0 radical (unpaired) electrons. The Bertz CT molecular complexity index is 416. The van der Waals surface area contributed by atoms with Crippen LogP contribution in [0.5, 0.6) is 5.75 Å². The number of ether oxygens (including phenoxy) is 2. The third-order valence-electron chi connectivity index (χ3n) is 2.68. The molecule has 0 aromatic heterocycles. The number of methoxy groups -OCH3 is 1. The number of rotatable bonds is 4. The van der Waals surface area contributed by atoms with E-state index in [1.807, 2.05) is 0 Å². The summed E-state index contributed by atoms with van der Waals surface area (Å²) in [6.07, 6.45) is 0.944. The van der Waals surface area contributed by atoms with Gasteiger partial charge < -0.3 is 14.8 Å². The topological polar surface area (TPSA) is 73.6 Å². The Labute approximate surface area is 98.7 Å². The molecular weight excluding hydrogens is 224 g/mol. The highest BCUT2D eigenvalue weighted by molar-refractivity contribution is 5.58. The smallest absolute Gasteiger partial charge is 0.311 e. The average Bonchev–Trinajstić information content (AvgIpc) is 2.81. The van der Waals surface area contributed by atoms with Crippen LogP contribution in [-0.2, 0) is 4.74 Å². The summed E-state index contributed by atoms with van der Waals surface area (Å²) in [6, 6.07) is 5.02. The second-order valence-corrected chi connectivity index (χ2v) is 3.85. The lowest BCUT2D eigenvalue weighted by Crippen LogP contribution is -2.18. The van der Waals surface area contributed by atoms with E-state index in [1.165, 1.54) is 13.2 Å². The van der Waals surface area contributed by atoms with Crippen molar-refractivity contribution in [2.75, 3.05) is 25.6 Å². The summed E-state index contributed by atoms with van der Waals surface area (Å²) in [5, 5.41) is 14.0. The van der Waals surface area contributed by atoms with Crippen molar-refractivity contribution in [1.82, 2.24) is 0 Å². The van der Waals surface area contributed by atoms with Crippen LogP contribution in [0.3, 0.4) is 0 Å². The third kappa shape index (κ3) is 2.65. The third-order valence-corrected chi connectivity index (χ3v) is 2.68. The molecule has 0 aliphatic carbocycles. The first kappa shape index (κ1) is 11.7. The molecule has 1 aliphatic rings. The van der Waals surface area contributed by atoms with Crippen LogP contribution in [0.15, 0.2) is 18.2 Å². The van der Waals surface area contributed by atoms with E-state index in [-0.39, 0.29) is 17.5 Å². The average molecular weight is 238 g/mol. The van der Waals surface area contributed by atoms with Gasteiger partial charge >= 0.3 is 5.69 Å². The maximum Gasteiger partial charge on any atom is 0.311 e. The van der Waals surface area contributed by atoms with Crippen LogP contribution in [0, 0.1) is 10.1 Å². The SMILES string of the molecule is COc1cc(NC2CCOC2)ccc1[N+](=O)[O-]. The zero-order chi connectivity index (χ0) is 12.3. The number of nitro groups is 1. The van der Waals surface area contributed by atoms with Gasteiger partial charge in [-0.3, -0.25) is 10.1 Å². The van der Waals surface area contributed by atoms with Crippen molar-refractivity contribution in [1.29, 1.82) is 0 Å². The van der Waals surface area contributed by atoms with Gasteiger partial charge in [-0.15, -0.1) is 0 Å². The van der Waals surface area contributed by atoms with E-state index in [4.69, 9.17) is 9.47 Å². The van der Waals surface area contributed by atoms with Gasteiger partial charge in [0.2, 0.25) is 0 Å². The molecule has 1 saturated heterocycles. The van der Waals surface area contributed by atoms with Crippen LogP contribution in [0.25, 0.3) is 0 Å². The standard InChI is InChI=1S/C11H14N2O4/c1-16-11-6-8(2-3-10(11)13(14)15)12-9-4-5-17-7-9/h2-3,6,9,12H,4-5,7H2,1H3. The second kappa shape index (κ2) is 5.01. The molecule has 1 N–H and O–H groups in total. The molecule has 92 valence electrons. The monoisotopic (exact) mass is 238 g/mol. The van der Waals surface area contributed by atoms with Gasteiger partial charge in [0.15, 0.2) is 5.75 Å². The Morgan fingerprint density at radius 2 is 2.41 bits per heavy atom. The van der Waals surface area contributed by atoms with Gasteiger partial charge in [0, 0.05) is 24.4 Å². The normalized spacial score (nSPS) is 19.0. The van der Waals surface area contributed by atoms with Crippen molar-refractivity contribution in [3.05, 3.63) is 28.3 Å². The Hall–Kier alpha value is -1.82. The second-order valence-electron chi connectivity index (χ2n) is 3.85. The minimum atomic E-state index is -0.457. The summed E-state index contributed by atoms with van der Waals surface area (Å²) < 4.78 is 10.2. The van der Waals surface area contributed by atoms with Crippen LogP contribution >= 0.6 is 0 Å². The fourth-order valence-electron chi connectivity index (χ4n) is 1.80. The summed E-state index contributed by atoms with van der Waals surface area (Å²) in [6.45, 7) is 1.42. The van der Waals surface area contributed by atoms with Crippen LogP contribution in [0.1, 0.15) is 6.42 Å². The fourth-order valence-corrected chi connectivity index (χ4v) is 1.80. The molecule has 1 fully saturated rings. The molecule has 0 bridgehead atoms. The predicted octanol–water partition coefficient (Wildman–Crippen LogP) is 1.80. The summed E-state index contributed by atoms with van der Waals surface area (Å²) in [4.78, 5) is 10.3. The molecule has 1 aromatic rings. The zero-order valence-corrected chi connectivity index (χ0v) is 9.51. The maximum atomic E-state index is 10.7. The highest BCUT2D eigenvalue weighted by Crippen LogP contribution is 2.30. The molecule has 17 heavy (non-hydrogen) atoms. The first-order valence-corrected chi connectivity index (χ1v) is 5.37. The Morgan fingerprint density at radius 1 is 1.59 bits per heavy atom. The van der Waals surface area contributed by atoms with Crippen molar-refractivity contribution in [3.8, 4) is 5.75 Å². The lowest BCUT2D eigenvalue weighted by atomic mass is 10.2. The number of anilines is 1. The molecule has 1 aliphatic heterocycles. The molecule has 1 aromatic carbocycles. The quantitative estimate of drug-likeness (QED) is 0.639. The van der Waals surface area contributed by atoms with Gasteiger partial charge in [-0.2, -0.15) is 0 Å². The lowest BCUT2D eigenvalue weighted by Gasteiger charge is -2.12. The number of nitrogens with zero attached hydrogens (tertiary/aromatic N) is 1. The van der Waals surface area contributed by atoms with E-state index in [9.17, 15) is 10.1 Å². The predicted molar refractivity (Wildman–Crippen MR) is 62.5 cm³/mol. The molecule has 6 nitrogen and oxygen atoms in total. The van der Waals surface area contributed by atoms with E-state index in [0.717, 1.165) is 18.7 Å². The first-order valence-electron chi connectivity index (χ1n) is 5.37. The number of nitrogens with one attached hydrogen (secondary N) is 1. The van der Waals surface area contributed by atoms with Crippen molar-refractivity contribution in [3.63, 3.8) is 0 Å². The van der Waals surface area contributed by atoms with Gasteiger partial charge in [-0.05, 0) is 12.5 Å². The van der Waals surface area contributed by atoms with Crippen molar-refractivity contribution >= 4 is 11.4 Å².